The number of amides is 1. The topological polar surface area (TPSA) is 50.4 Å². The highest BCUT2D eigenvalue weighted by atomic mass is 79.9. The average Bonchev–Trinajstić information content (AvgIpc) is 2.42. The fourth-order valence-electron chi connectivity index (χ4n) is 2.44. The molecule has 2 rings (SSSR count). The van der Waals surface area contributed by atoms with Gasteiger partial charge in [-0.15, -0.1) is 0 Å². The minimum Gasteiger partial charge on any atom is -0.368 e. The Hall–Kier alpha value is -0.910. The summed E-state index contributed by atoms with van der Waals surface area (Å²) < 4.78 is 6.68. The molecule has 0 unspecified atom stereocenters. The number of piperidine rings is 1. The number of aryl methyl sites for hydroxylation is 2. The second-order valence-corrected chi connectivity index (χ2v) is 6.14. The number of carbonyl (C=O) groups is 1. The van der Waals surface area contributed by atoms with Gasteiger partial charge in [-0.2, -0.15) is 0 Å². The molecule has 0 aromatic heterocycles. The second-order valence-electron chi connectivity index (χ2n) is 5.22. The third-order valence-corrected chi connectivity index (χ3v) is 3.96. The standard InChI is InChI=1S/C15H21BrN2O2/c1-10-7-12(16)8-11(2)15(10)18-14(19)9-20-13-3-5-17-6-4-13/h7-8,13,17H,3-6,9H2,1-2H3,(H,18,19). The van der Waals surface area contributed by atoms with E-state index >= 15 is 0 Å². The number of halogens is 1. The van der Waals surface area contributed by atoms with Crippen molar-refractivity contribution >= 4 is 27.5 Å². The minimum absolute atomic E-state index is 0.0861. The van der Waals surface area contributed by atoms with Crippen molar-refractivity contribution < 1.29 is 9.53 Å². The van der Waals surface area contributed by atoms with Crippen LogP contribution < -0.4 is 10.6 Å². The van der Waals surface area contributed by atoms with Gasteiger partial charge in [0.15, 0.2) is 0 Å². The van der Waals surface area contributed by atoms with E-state index in [1.807, 2.05) is 26.0 Å². The molecular formula is C15H21BrN2O2. The van der Waals surface area contributed by atoms with E-state index in [1.165, 1.54) is 0 Å². The molecule has 20 heavy (non-hydrogen) atoms. The molecule has 0 spiro atoms. The molecule has 1 fully saturated rings. The lowest BCUT2D eigenvalue weighted by atomic mass is 10.1. The highest BCUT2D eigenvalue weighted by molar-refractivity contribution is 9.10. The van der Waals surface area contributed by atoms with Gasteiger partial charge in [0.25, 0.3) is 0 Å². The third-order valence-electron chi connectivity index (χ3n) is 3.50. The Morgan fingerprint density at radius 2 is 1.95 bits per heavy atom. The first-order valence-electron chi connectivity index (χ1n) is 6.95. The van der Waals surface area contributed by atoms with E-state index in [1.54, 1.807) is 0 Å². The predicted molar refractivity (Wildman–Crippen MR) is 84.1 cm³/mol. The van der Waals surface area contributed by atoms with Gasteiger partial charge in [0.1, 0.15) is 6.61 Å². The normalized spacial score (nSPS) is 16.1. The fraction of sp³-hybridized carbons (Fsp3) is 0.533. The van der Waals surface area contributed by atoms with Crippen molar-refractivity contribution in [3.8, 4) is 0 Å². The van der Waals surface area contributed by atoms with Crippen LogP contribution in [0.5, 0.6) is 0 Å². The lowest BCUT2D eigenvalue weighted by Crippen LogP contribution is -2.34. The number of ether oxygens (including phenoxy) is 1. The second kappa shape index (κ2) is 7.20. The van der Waals surface area contributed by atoms with Gasteiger partial charge < -0.3 is 15.4 Å². The Labute approximate surface area is 128 Å². The number of hydrogen-bond acceptors (Lipinski definition) is 3. The van der Waals surface area contributed by atoms with Crippen LogP contribution in [0.15, 0.2) is 16.6 Å². The van der Waals surface area contributed by atoms with E-state index in [0.717, 1.165) is 47.2 Å². The van der Waals surface area contributed by atoms with E-state index in [2.05, 4.69) is 26.6 Å². The number of carbonyl (C=O) groups excluding carboxylic acids is 1. The van der Waals surface area contributed by atoms with Gasteiger partial charge in [-0.1, -0.05) is 15.9 Å². The maximum absolute atomic E-state index is 12.0. The Morgan fingerprint density at radius 1 is 1.35 bits per heavy atom. The van der Waals surface area contributed by atoms with Crippen LogP contribution in [-0.4, -0.2) is 31.7 Å². The number of rotatable bonds is 4. The lowest BCUT2D eigenvalue weighted by molar-refractivity contribution is -0.123. The molecule has 0 saturated carbocycles. The molecule has 1 aliphatic rings. The fourth-order valence-corrected chi connectivity index (χ4v) is 3.13. The molecule has 1 heterocycles. The van der Waals surface area contributed by atoms with E-state index in [-0.39, 0.29) is 18.6 Å². The molecule has 1 saturated heterocycles. The first-order chi connectivity index (χ1) is 9.56. The average molecular weight is 341 g/mol. The van der Waals surface area contributed by atoms with E-state index < -0.39 is 0 Å². The Bertz CT molecular complexity index is 462. The van der Waals surface area contributed by atoms with Crippen molar-refractivity contribution in [1.29, 1.82) is 0 Å². The van der Waals surface area contributed by atoms with Gasteiger partial charge in [0, 0.05) is 10.2 Å². The van der Waals surface area contributed by atoms with Crippen LogP contribution in [0.2, 0.25) is 0 Å². The third kappa shape index (κ3) is 4.30. The molecule has 1 aromatic rings. The van der Waals surface area contributed by atoms with Gasteiger partial charge in [-0.3, -0.25) is 4.79 Å². The van der Waals surface area contributed by atoms with Gasteiger partial charge >= 0.3 is 0 Å². The summed E-state index contributed by atoms with van der Waals surface area (Å²) in [6.07, 6.45) is 2.15. The number of anilines is 1. The molecular weight excluding hydrogens is 320 g/mol. The summed E-state index contributed by atoms with van der Waals surface area (Å²) in [6, 6.07) is 3.99. The van der Waals surface area contributed by atoms with Gasteiger partial charge in [-0.05, 0) is 63.0 Å². The van der Waals surface area contributed by atoms with Crippen molar-refractivity contribution in [2.24, 2.45) is 0 Å². The molecule has 2 N–H and O–H groups in total. The minimum atomic E-state index is -0.0861. The largest absolute Gasteiger partial charge is 0.368 e. The summed E-state index contributed by atoms with van der Waals surface area (Å²) in [5.74, 6) is -0.0861. The van der Waals surface area contributed by atoms with Crippen molar-refractivity contribution in [3.63, 3.8) is 0 Å². The summed E-state index contributed by atoms with van der Waals surface area (Å²) in [4.78, 5) is 12.0. The van der Waals surface area contributed by atoms with Crippen LogP contribution in [0.3, 0.4) is 0 Å². The quantitative estimate of drug-likeness (QED) is 0.885. The van der Waals surface area contributed by atoms with Crippen LogP contribution in [0, 0.1) is 13.8 Å². The summed E-state index contributed by atoms with van der Waals surface area (Å²) in [7, 11) is 0. The molecule has 0 radical (unpaired) electrons. The van der Waals surface area contributed by atoms with Crippen LogP contribution in [0.4, 0.5) is 5.69 Å². The van der Waals surface area contributed by atoms with Crippen LogP contribution >= 0.6 is 15.9 Å². The van der Waals surface area contributed by atoms with E-state index in [9.17, 15) is 4.79 Å². The molecule has 110 valence electrons. The molecule has 0 bridgehead atoms. The molecule has 5 heteroatoms. The van der Waals surface area contributed by atoms with Crippen LogP contribution in [0.25, 0.3) is 0 Å². The van der Waals surface area contributed by atoms with Crippen molar-refractivity contribution in [3.05, 3.63) is 27.7 Å². The molecule has 1 aliphatic heterocycles. The van der Waals surface area contributed by atoms with Crippen LogP contribution in [-0.2, 0) is 9.53 Å². The Balaban J connectivity index is 1.88. The summed E-state index contributed by atoms with van der Waals surface area (Å²) in [5.41, 5.74) is 2.98. The summed E-state index contributed by atoms with van der Waals surface area (Å²) in [5, 5.41) is 6.22. The first-order valence-corrected chi connectivity index (χ1v) is 7.74. The zero-order valence-electron chi connectivity index (χ0n) is 12.0. The Morgan fingerprint density at radius 3 is 2.55 bits per heavy atom. The first kappa shape index (κ1) is 15.5. The Kier molecular flexibility index (Phi) is 5.57. The van der Waals surface area contributed by atoms with E-state index in [0.29, 0.717) is 0 Å². The maximum Gasteiger partial charge on any atom is 0.250 e. The molecule has 4 nitrogen and oxygen atoms in total. The van der Waals surface area contributed by atoms with E-state index in [4.69, 9.17) is 4.74 Å². The predicted octanol–water partition coefficient (Wildman–Crippen LogP) is 2.77. The molecule has 1 aromatic carbocycles. The van der Waals surface area contributed by atoms with Gasteiger partial charge in [-0.25, -0.2) is 0 Å². The zero-order chi connectivity index (χ0) is 14.5. The monoisotopic (exact) mass is 340 g/mol. The maximum atomic E-state index is 12.0. The number of nitrogens with one attached hydrogen (secondary N) is 2. The van der Waals surface area contributed by atoms with Crippen molar-refractivity contribution in [2.45, 2.75) is 32.8 Å². The highest BCUT2D eigenvalue weighted by Gasteiger charge is 2.15. The summed E-state index contributed by atoms with van der Waals surface area (Å²) in [6.45, 7) is 6.04. The van der Waals surface area contributed by atoms with Crippen molar-refractivity contribution in [1.82, 2.24) is 5.32 Å². The van der Waals surface area contributed by atoms with Gasteiger partial charge in [0.2, 0.25) is 5.91 Å². The van der Waals surface area contributed by atoms with Crippen LogP contribution in [0.1, 0.15) is 24.0 Å². The molecule has 1 amide bonds. The molecule has 0 atom stereocenters. The van der Waals surface area contributed by atoms with Crippen molar-refractivity contribution in [2.75, 3.05) is 25.0 Å². The lowest BCUT2D eigenvalue weighted by Gasteiger charge is -2.22. The zero-order valence-corrected chi connectivity index (χ0v) is 13.5. The number of benzene rings is 1. The highest BCUT2D eigenvalue weighted by Crippen LogP contribution is 2.25. The smallest absolute Gasteiger partial charge is 0.250 e. The molecule has 0 aliphatic carbocycles. The number of hydrogen-bond donors (Lipinski definition) is 2. The SMILES string of the molecule is Cc1cc(Br)cc(C)c1NC(=O)COC1CCNCC1. The summed E-state index contributed by atoms with van der Waals surface area (Å²) >= 11 is 3.45. The van der Waals surface area contributed by atoms with Gasteiger partial charge in [0.05, 0.1) is 6.10 Å².